The number of sulfonamides is 1. The predicted octanol–water partition coefficient (Wildman–Crippen LogP) is 1.26. The van der Waals surface area contributed by atoms with Gasteiger partial charge in [-0.1, -0.05) is 6.07 Å². The average Bonchev–Trinajstić information content (AvgIpc) is 2.44. The fourth-order valence-corrected chi connectivity index (χ4v) is 2.61. The standard InChI is InChI=1S/C13H18F3N3O3S.ClH/c1-9(17)5-6-18-12(20)8-19-23(21,22)11-4-2-3-10(7-11)13(14,15)16;/h2-4,7,9,19H,5-6,8,17H2,1H3,(H,18,20);1H. The number of carbonyl (C=O) groups excluding carboxylic acids is 1. The maximum absolute atomic E-state index is 12.6. The van der Waals surface area contributed by atoms with Gasteiger partial charge in [0.15, 0.2) is 0 Å². The van der Waals surface area contributed by atoms with Gasteiger partial charge in [0.2, 0.25) is 15.9 Å². The molecule has 0 saturated carbocycles. The lowest BCUT2D eigenvalue weighted by atomic mass is 10.2. The molecule has 0 heterocycles. The topological polar surface area (TPSA) is 101 Å². The summed E-state index contributed by atoms with van der Waals surface area (Å²) in [5.41, 5.74) is 4.41. The van der Waals surface area contributed by atoms with Crippen molar-refractivity contribution in [3.05, 3.63) is 29.8 Å². The van der Waals surface area contributed by atoms with Crippen LogP contribution >= 0.6 is 12.4 Å². The van der Waals surface area contributed by atoms with Gasteiger partial charge in [0.1, 0.15) is 0 Å². The van der Waals surface area contributed by atoms with Gasteiger partial charge in [0.25, 0.3) is 0 Å². The van der Waals surface area contributed by atoms with Crippen LogP contribution in [0.3, 0.4) is 0 Å². The van der Waals surface area contributed by atoms with Gasteiger partial charge in [-0.25, -0.2) is 13.1 Å². The van der Waals surface area contributed by atoms with Gasteiger partial charge in [0.05, 0.1) is 17.0 Å². The van der Waals surface area contributed by atoms with E-state index in [-0.39, 0.29) is 25.0 Å². The molecule has 0 aliphatic rings. The van der Waals surface area contributed by atoms with Crippen LogP contribution in [0.15, 0.2) is 29.2 Å². The highest BCUT2D eigenvalue weighted by atomic mass is 35.5. The fraction of sp³-hybridized carbons (Fsp3) is 0.462. The van der Waals surface area contributed by atoms with Crippen molar-refractivity contribution in [2.75, 3.05) is 13.1 Å². The van der Waals surface area contributed by atoms with E-state index >= 15 is 0 Å². The van der Waals surface area contributed by atoms with Crippen molar-refractivity contribution in [3.8, 4) is 0 Å². The number of rotatable bonds is 7. The van der Waals surface area contributed by atoms with Gasteiger partial charge < -0.3 is 11.1 Å². The molecule has 1 aromatic carbocycles. The minimum absolute atomic E-state index is 0. The number of amides is 1. The third-order valence-electron chi connectivity index (χ3n) is 2.82. The summed E-state index contributed by atoms with van der Waals surface area (Å²) >= 11 is 0. The van der Waals surface area contributed by atoms with Crippen LogP contribution in [0, 0.1) is 0 Å². The van der Waals surface area contributed by atoms with Crippen LogP contribution < -0.4 is 15.8 Å². The lowest BCUT2D eigenvalue weighted by Crippen LogP contribution is -2.38. The molecule has 0 aliphatic heterocycles. The Morgan fingerprint density at radius 1 is 1.33 bits per heavy atom. The zero-order valence-electron chi connectivity index (χ0n) is 12.8. The molecule has 4 N–H and O–H groups in total. The maximum Gasteiger partial charge on any atom is 0.416 e. The molecule has 138 valence electrons. The highest BCUT2D eigenvalue weighted by molar-refractivity contribution is 7.89. The van der Waals surface area contributed by atoms with Crippen molar-refractivity contribution >= 4 is 28.3 Å². The van der Waals surface area contributed by atoms with Crippen LogP contribution in [0.25, 0.3) is 0 Å². The van der Waals surface area contributed by atoms with Crippen molar-refractivity contribution in [1.82, 2.24) is 10.0 Å². The molecule has 11 heteroatoms. The summed E-state index contributed by atoms with van der Waals surface area (Å²) in [5.74, 6) is -0.596. The Labute approximate surface area is 144 Å². The van der Waals surface area contributed by atoms with Gasteiger partial charge in [-0.05, 0) is 31.5 Å². The average molecular weight is 390 g/mol. The molecule has 24 heavy (non-hydrogen) atoms. The molecular weight excluding hydrogens is 371 g/mol. The molecule has 0 bridgehead atoms. The zero-order valence-corrected chi connectivity index (χ0v) is 14.4. The van der Waals surface area contributed by atoms with E-state index in [0.29, 0.717) is 12.5 Å². The first-order chi connectivity index (χ1) is 10.5. The number of carbonyl (C=O) groups is 1. The molecule has 0 radical (unpaired) electrons. The number of alkyl halides is 3. The highest BCUT2D eigenvalue weighted by Gasteiger charge is 2.31. The molecule has 0 aromatic heterocycles. The first kappa shape index (κ1) is 22.6. The summed E-state index contributed by atoms with van der Waals surface area (Å²) in [6, 6.07) is 3.17. The Morgan fingerprint density at radius 3 is 2.50 bits per heavy atom. The Bertz CT molecular complexity index is 651. The first-order valence-electron chi connectivity index (χ1n) is 6.71. The van der Waals surface area contributed by atoms with Crippen molar-refractivity contribution in [2.24, 2.45) is 5.73 Å². The SMILES string of the molecule is CC(N)CCNC(=O)CNS(=O)(=O)c1cccc(C(F)(F)F)c1.Cl. The normalized spacial score (nSPS) is 13.0. The Hall–Kier alpha value is -1.36. The number of nitrogens with two attached hydrogens (primary N) is 1. The summed E-state index contributed by atoms with van der Waals surface area (Å²) in [4.78, 5) is 10.9. The summed E-state index contributed by atoms with van der Waals surface area (Å²) in [5, 5.41) is 2.45. The summed E-state index contributed by atoms with van der Waals surface area (Å²) in [7, 11) is -4.22. The van der Waals surface area contributed by atoms with Crippen LogP contribution in [0.4, 0.5) is 13.2 Å². The molecule has 1 rings (SSSR count). The summed E-state index contributed by atoms with van der Waals surface area (Å²) < 4.78 is 63.5. The zero-order chi connectivity index (χ0) is 17.7. The number of halogens is 4. The van der Waals surface area contributed by atoms with E-state index in [9.17, 15) is 26.4 Å². The van der Waals surface area contributed by atoms with E-state index in [2.05, 4.69) is 5.32 Å². The van der Waals surface area contributed by atoms with Gasteiger partial charge in [0, 0.05) is 12.6 Å². The molecule has 0 spiro atoms. The van der Waals surface area contributed by atoms with E-state index in [4.69, 9.17) is 5.73 Å². The molecule has 6 nitrogen and oxygen atoms in total. The summed E-state index contributed by atoms with van der Waals surface area (Å²) in [6.45, 7) is 1.46. The van der Waals surface area contributed by atoms with Gasteiger partial charge in [-0.3, -0.25) is 4.79 Å². The number of benzene rings is 1. The van der Waals surface area contributed by atoms with E-state index in [1.54, 1.807) is 6.92 Å². The molecular formula is C13H19ClF3N3O3S. The van der Waals surface area contributed by atoms with E-state index in [1.165, 1.54) is 0 Å². The summed E-state index contributed by atoms with van der Waals surface area (Å²) in [6.07, 6.45) is -4.13. The minimum atomic E-state index is -4.65. The number of hydrogen-bond acceptors (Lipinski definition) is 4. The molecule has 1 aromatic rings. The lowest BCUT2D eigenvalue weighted by molar-refractivity contribution is -0.137. The fourth-order valence-electron chi connectivity index (χ4n) is 1.59. The highest BCUT2D eigenvalue weighted by Crippen LogP contribution is 2.30. The van der Waals surface area contributed by atoms with Gasteiger partial charge in [-0.15, -0.1) is 12.4 Å². The van der Waals surface area contributed by atoms with Crippen LogP contribution in [0.2, 0.25) is 0 Å². The van der Waals surface area contributed by atoms with Crippen LogP contribution in [-0.2, 0) is 21.0 Å². The maximum atomic E-state index is 12.6. The third kappa shape index (κ3) is 7.47. The second kappa shape index (κ2) is 9.21. The molecule has 0 fully saturated rings. The largest absolute Gasteiger partial charge is 0.416 e. The van der Waals surface area contributed by atoms with Gasteiger partial charge >= 0.3 is 6.18 Å². The molecule has 0 aliphatic carbocycles. The predicted molar refractivity (Wildman–Crippen MR) is 85.2 cm³/mol. The van der Waals surface area contributed by atoms with E-state index in [1.807, 2.05) is 4.72 Å². The molecule has 0 saturated heterocycles. The van der Waals surface area contributed by atoms with Crippen molar-refractivity contribution in [1.29, 1.82) is 0 Å². The quantitative estimate of drug-likeness (QED) is 0.653. The van der Waals surface area contributed by atoms with Crippen molar-refractivity contribution in [2.45, 2.75) is 30.5 Å². The Morgan fingerprint density at radius 2 is 1.96 bits per heavy atom. The third-order valence-corrected chi connectivity index (χ3v) is 4.22. The van der Waals surface area contributed by atoms with Gasteiger partial charge in [-0.2, -0.15) is 13.2 Å². The monoisotopic (exact) mass is 389 g/mol. The minimum Gasteiger partial charge on any atom is -0.355 e. The van der Waals surface area contributed by atoms with Crippen molar-refractivity contribution < 1.29 is 26.4 Å². The van der Waals surface area contributed by atoms with Crippen LogP contribution in [-0.4, -0.2) is 33.5 Å². The Kier molecular flexibility index (Phi) is 8.69. The number of nitrogens with one attached hydrogen (secondary N) is 2. The number of hydrogen-bond donors (Lipinski definition) is 3. The van der Waals surface area contributed by atoms with Crippen LogP contribution in [0.5, 0.6) is 0 Å². The smallest absolute Gasteiger partial charge is 0.355 e. The molecule has 1 unspecified atom stereocenters. The van der Waals surface area contributed by atoms with E-state index < -0.39 is 39.1 Å². The lowest BCUT2D eigenvalue weighted by Gasteiger charge is -2.11. The van der Waals surface area contributed by atoms with E-state index in [0.717, 1.165) is 18.2 Å². The second-order valence-electron chi connectivity index (χ2n) is 4.97. The van der Waals surface area contributed by atoms with Crippen LogP contribution in [0.1, 0.15) is 18.9 Å². The Balaban J connectivity index is 0.00000529. The van der Waals surface area contributed by atoms with Crippen molar-refractivity contribution in [3.63, 3.8) is 0 Å². The molecule has 1 amide bonds. The second-order valence-corrected chi connectivity index (χ2v) is 6.73. The molecule has 1 atom stereocenters. The first-order valence-corrected chi connectivity index (χ1v) is 8.20.